The Morgan fingerprint density at radius 2 is 1.67 bits per heavy atom. The Morgan fingerprint density at radius 1 is 1.00 bits per heavy atom. The molecule has 2 aromatic carbocycles. The van der Waals surface area contributed by atoms with Crippen molar-refractivity contribution < 1.29 is 22.8 Å². The van der Waals surface area contributed by atoms with Crippen LogP contribution in [0, 0.1) is 11.8 Å². The second kappa shape index (κ2) is 8.76. The molecule has 3 N–H and O–H groups in total. The predicted octanol–water partition coefficient (Wildman–Crippen LogP) is 3.84. The highest BCUT2D eigenvalue weighted by molar-refractivity contribution is 5.90. The summed E-state index contributed by atoms with van der Waals surface area (Å²) in [5.41, 5.74) is 0.0390. The fourth-order valence-corrected chi connectivity index (χ4v) is 2.12. The van der Waals surface area contributed by atoms with Gasteiger partial charge in [-0.05, 0) is 36.4 Å². The number of amides is 3. The maximum atomic E-state index is 12.9. The van der Waals surface area contributed by atoms with Crippen LogP contribution in [0.15, 0.2) is 48.5 Å². The first-order chi connectivity index (χ1) is 12.8. The zero-order chi connectivity index (χ0) is 19.9. The number of benzene rings is 2. The van der Waals surface area contributed by atoms with Gasteiger partial charge in [-0.3, -0.25) is 4.79 Å². The minimum atomic E-state index is -4.56. The fourth-order valence-electron chi connectivity index (χ4n) is 2.12. The van der Waals surface area contributed by atoms with Crippen LogP contribution in [0.1, 0.15) is 18.1 Å². The first kappa shape index (κ1) is 19.8. The predicted molar refractivity (Wildman–Crippen MR) is 96.1 cm³/mol. The number of urea groups is 1. The van der Waals surface area contributed by atoms with E-state index in [1.807, 2.05) is 0 Å². The average molecular weight is 375 g/mol. The zero-order valence-corrected chi connectivity index (χ0v) is 14.3. The van der Waals surface area contributed by atoms with Gasteiger partial charge in [0.2, 0.25) is 5.91 Å². The van der Waals surface area contributed by atoms with Crippen molar-refractivity contribution in [3.8, 4) is 11.8 Å². The molecule has 0 aliphatic rings. The van der Waals surface area contributed by atoms with Gasteiger partial charge in [-0.1, -0.05) is 24.0 Å². The third kappa shape index (κ3) is 6.40. The van der Waals surface area contributed by atoms with Gasteiger partial charge in [-0.15, -0.1) is 0 Å². The summed E-state index contributed by atoms with van der Waals surface area (Å²) in [4.78, 5) is 22.7. The lowest BCUT2D eigenvalue weighted by atomic mass is 10.1. The number of anilines is 2. The Labute approximate surface area is 154 Å². The molecular formula is C19H16F3N3O2. The van der Waals surface area contributed by atoms with E-state index < -0.39 is 17.8 Å². The van der Waals surface area contributed by atoms with Gasteiger partial charge in [-0.2, -0.15) is 13.2 Å². The lowest BCUT2D eigenvalue weighted by Gasteiger charge is -2.13. The molecule has 0 fully saturated rings. The van der Waals surface area contributed by atoms with Crippen molar-refractivity contribution >= 4 is 23.3 Å². The average Bonchev–Trinajstić information content (AvgIpc) is 2.59. The van der Waals surface area contributed by atoms with Gasteiger partial charge in [0.25, 0.3) is 0 Å². The van der Waals surface area contributed by atoms with Crippen molar-refractivity contribution in [2.75, 3.05) is 17.2 Å². The summed E-state index contributed by atoms with van der Waals surface area (Å²) in [7, 11) is 0. The summed E-state index contributed by atoms with van der Waals surface area (Å²) >= 11 is 0. The van der Waals surface area contributed by atoms with Crippen LogP contribution in [0.25, 0.3) is 0 Å². The molecule has 0 saturated carbocycles. The fraction of sp³-hybridized carbons (Fsp3) is 0.158. The molecule has 2 aromatic rings. The number of carbonyl (C=O) groups excluding carboxylic acids is 2. The molecule has 0 radical (unpaired) electrons. The molecule has 0 saturated heterocycles. The van der Waals surface area contributed by atoms with Crippen molar-refractivity contribution in [2.24, 2.45) is 0 Å². The molecule has 8 heteroatoms. The smallest absolute Gasteiger partial charge is 0.327 e. The van der Waals surface area contributed by atoms with Crippen LogP contribution >= 0.6 is 0 Å². The number of hydrogen-bond donors (Lipinski definition) is 3. The van der Waals surface area contributed by atoms with Crippen molar-refractivity contribution in [3.63, 3.8) is 0 Å². The number of nitrogens with one attached hydrogen (secondary N) is 3. The Balaban J connectivity index is 1.89. The van der Waals surface area contributed by atoms with E-state index >= 15 is 0 Å². The lowest BCUT2D eigenvalue weighted by molar-refractivity contribution is -0.136. The Morgan fingerprint density at radius 3 is 2.30 bits per heavy atom. The normalized spacial score (nSPS) is 10.4. The highest BCUT2D eigenvalue weighted by Gasteiger charge is 2.33. The minimum absolute atomic E-state index is 0.0481. The van der Waals surface area contributed by atoms with Gasteiger partial charge >= 0.3 is 12.2 Å². The molecule has 27 heavy (non-hydrogen) atoms. The second-order valence-corrected chi connectivity index (χ2v) is 5.41. The van der Waals surface area contributed by atoms with Crippen LogP contribution in [-0.4, -0.2) is 18.5 Å². The molecule has 0 heterocycles. The Hall–Kier alpha value is -3.47. The molecular weight excluding hydrogens is 359 g/mol. The molecule has 2 rings (SSSR count). The molecule has 0 unspecified atom stereocenters. The molecule has 0 aliphatic carbocycles. The Bertz CT molecular complexity index is 882. The van der Waals surface area contributed by atoms with E-state index in [1.54, 1.807) is 24.3 Å². The maximum absolute atomic E-state index is 12.9. The summed E-state index contributed by atoms with van der Waals surface area (Å²) in [5, 5.41) is 7.15. The highest BCUT2D eigenvalue weighted by Crippen LogP contribution is 2.34. The number of alkyl halides is 3. The summed E-state index contributed by atoms with van der Waals surface area (Å²) in [6, 6.07) is 10.7. The van der Waals surface area contributed by atoms with Crippen LogP contribution in [-0.2, 0) is 11.0 Å². The summed E-state index contributed by atoms with van der Waals surface area (Å²) in [5.74, 6) is 5.30. The van der Waals surface area contributed by atoms with Crippen molar-refractivity contribution in [3.05, 3.63) is 59.7 Å². The van der Waals surface area contributed by atoms with Gasteiger partial charge < -0.3 is 16.0 Å². The zero-order valence-electron chi connectivity index (χ0n) is 14.3. The van der Waals surface area contributed by atoms with Crippen LogP contribution in [0.4, 0.5) is 29.3 Å². The number of hydrogen-bond acceptors (Lipinski definition) is 2. The molecule has 0 aromatic heterocycles. The molecule has 3 amide bonds. The van der Waals surface area contributed by atoms with Crippen LogP contribution in [0.3, 0.4) is 0 Å². The topological polar surface area (TPSA) is 70.2 Å². The number of rotatable bonds is 3. The first-order valence-electron chi connectivity index (χ1n) is 7.83. The van der Waals surface area contributed by atoms with Crippen molar-refractivity contribution in [1.29, 1.82) is 0 Å². The van der Waals surface area contributed by atoms with Gasteiger partial charge in [0, 0.05) is 18.2 Å². The monoisotopic (exact) mass is 375 g/mol. The van der Waals surface area contributed by atoms with E-state index in [1.165, 1.54) is 25.1 Å². The molecule has 0 spiro atoms. The van der Waals surface area contributed by atoms with E-state index in [2.05, 4.69) is 27.8 Å². The van der Waals surface area contributed by atoms with Crippen LogP contribution in [0.2, 0.25) is 0 Å². The first-order valence-corrected chi connectivity index (χ1v) is 7.83. The second-order valence-electron chi connectivity index (χ2n) is 5.41. The molecule has 0 bridgehead atoms. The summed E-state index contributed by atoms with van der Waals surface area (Å²) < 4.78 is 38.6. The SMILES string of the molecule is CC(=O)Nc1ccc(C#CCNC(=O)Nc2ccccc2C(F)(F)F)cc1. The molecule has 0 aliphatic heterocycles. The Kier molecular flexibility index (Phi) is 6.44. The van der Waals surface area contributed by atoms with Gasteiger partial charge in [0.05, 0.1) is 17.8 Å². The molecule has 5 nitrogen and oxygen atoms in total. The van der Waals surface area contributed by atoms with E-state index in [-0.39, 0.29) is 18.1 Å². The van der Waals surface area contributed by atoms with Gasteiger partial charge in [0.1, 0.15) is 0 Å². The number of halogens is 3. The third-order valence-electron chi connectivity index (χ3n) is 3.26. The molecule has 0 atom stereocenters. The van der Waals surface area contributed by atoms with E-state index in [9.17, 15) is 22.8 Å². The van der Waals surface area contributed by atoms with Crippen LogP contribution in [0.5, 0.6) is 0 Å². The highest BCUT2D eigenvalue weighted by atomic mass is 19.4. The summed E-state index contributed by atoms with van der Waals surface area (Å²) in [6.07, 6.45) is -4.56. The van der Waals surface area contributed by atoms with Gasteiger partial charge in [-0.25, -0.2) is 4.79 Å². The number of carbonyl (C=O) groups is 2. The lowest BCUT2D eigenvalue weighted by Crippen LogP contribution is -2.29. The largest absolute Gasteiger partial charge is 0.418 e. The molecule has 140 valence electrons. The standard InChI is InChI=1S/C19H16F3N3O2/c1-13(26)24-15-10-8-14(9-11-15)5-4-12-23-18(27)25-17-7-3-2-6-16(17)19(20,21)22/h2-3,6-11H,12H2,1H3,(H,24,26)(H2,23,25,27). The maximum Gasteiger partial charge on any atom is 0.418 e. The van der Waals surface area contributed by atoms with Crippen molar-refractivity contribution in [1.82, 2.24) is 5.32 Å². The minimum Gasteiger partial charge on any atom is -0.327 e. The van der Waals surface area contributed by atoms with E-state index in [0.717, 1.165) is 6.07 Å². The van der Waals surface area contributed by atoms with E-state index in [0.29, 0.717) is 11.3 Å². The van der Waals surface area contributed by atoms with Crippen LogP contribution < -0.4 is 16.0 Å². The number of para-hydroxylation sites is 1. The van der Waals surface area contributed by atoms with Gasteiger partial charge in [0.15, 0.2) is 0 Å². The van der Waals surface area contributed by atoms with E-state index in [4.69, 9.17) is 0 Å². The summed E-state index contributed by atoms with van der Waals surface area (Å²) in [6.45, 7) is 1.35. The third-order valence-corrected chi connectivity index (χ3v) is 3.26. The van der Waals surface area contributed by atoms with Crippen molar-refractivity contribution in [2.45, 2.75) is 13.1 Å². The quantitative estimate of drug-likeness (QED) is 0.714.